The van der Waals surface area contributed by atoms with Crippen molar-refractivity contribution in [1.29, 1.82) is 0 Å². The second kappa shape index (κ2) is 12.9. The lowest BCUT2D eigenvalue weighted by molar-refractivity contribution is -0.140. The van der Waals surface area contributed by atoms with Crippen molar-refractivity contribution in [2.24, 2.45) is 5.92 Å². The van der Waals surface area contributed by atoms with Crippen LogP contribution in [0, 0.1) is 5.92 Å². The average Bonchev–Trinajstić information content (AvgIpc) is 3.35. The Balaban J connectivity index is 1.97. The molecule has 3 rings (SSSR count). The van der Waals surface area contributed by atoms with Crippen LogP contribution in [-0.2, 0) is 26.2 Å². The van der Waals surface area contributed by atoms with Crippen LogP contribution in [0.1, 0.15) is 39.7 Å². The molecule has 0 bridgehead atoms. The van der Waals surface area contributed by atoms with Crippen molar-refractivity contribution < 1.29 is 27.5 Å². The van der Waals surface area contributed by atoms with Crippen LogP contribution in [-0.4, -0.2) is 56.8 Å². The summed E-state index contributed by atoms with van der Waals surface area (Å²) in [5.41, 5.74) is 0.909. The summed E-state index contributed by atoms with van der Waals surface area (Å²) >= 11 is 12.3. The molecule has 0 saturated carbocycles. The molecule has 1 heterocycles. The van der Waals surface area contributed by atoms with E-state index in [0.29, 0.717) is 40.1 Å². The number of hydrogen-bond donors (Lipinski definition) is 1. The van der Waals surface area contributed by atoms with Crippen molar-refractivity contribution in [3.63, 3.8) is 0 Å². The zero-order valence-corrected chi connectivity index (χ0v) is 24.2. The minimum absolute atomic E-state index is 0.0271. The van der Waals surface area contributed by atoms with Crippen molar-refractivity contribution in [3.8, 4) is 11.5 Å². The molecule has 12 heteroatoms. The van der Waals surface area contributed by atoms with E-state index in [9.17, 15) is 18.0 Å². The lowest BCUT2D eigenvalue weighted by Crippen LogP contribution is -2.52. The van der Waals surface area contributed by atoms with Crippen LogP contribution < -0.4 is 19.1 Å². The highest BCUT2D eigenvalue weighted by molar-refractivity contribution is 7.92. The Morgan fingerprint density at radius 3 is 2.37 bits per heavy atom. The number of nitrogens with zero attached hydrogens (tertiary/aromatic N) is 2. The molecule has 38 heavy (non-hydrogen) atoms. The third-order valence-corrected chi connectivity index (χ3v) is 8.51. The molecule has 208 valence electrons. The van der Waals surface area contributed by atoms with Gasteiger partial charge in [0, 0.05) is 19.2 Å². The fourth-order valence-corrected chi connectivity index (χ4v) is 5.31. The Labute approximate surface area is 234 Å². The zero-order chi connectivity index (χ0) is 28.0. The fraction of sp³-hybridized carbons (Fsp3) is 0.462. The van der Waals surface area contributed by atoms with Crippen molar-refractivity contribution in [3.05, 3.63) is 52.0 Å². The van der Waals surface area contributed by atoms with Gasteiger partial charge in [0.05, 0.1) is 21.5 Å². The van der Waals surface area contributed by atoms with Gasteiger partial charge >= 0.3 is 0 Å². The summed E-state index contributed by atoms with van der Waals surface area (Å²) in [6, 6.07) is 8.80. The van der Waals surface area contributed by atoms with Gasteiger partial charge in [-0.15, -0.1) is 0 Å². The molecule has 2 aromatic rings. The number of benzene rings is 2. The summed E-state index contributed by atoms with van der Waals surface area (Å²) in [4.78, 5) is 28.4. The summed E-state index contributed by atoms with van der Waals surface area (Å²) < 4.78 is 38.0. The number of rotatable bonds is 12. The maximum Gasteiger partial charge on any atom is 0.244 e. The number of anilines is 1. The van der Waals surface area contributed by atoms with Crippen molar-refractivity contribution in [2.45, 2.75) is 46.7 Å². The van der Waals surface area contributed by atoms with Crippen LogP contribution in [0.25, 0.3) is 0 Å². The lowest BCUT2D eigenvalue weighted by atomic mass is 10.1. The number of hydrogen-bond acceptors (Lipinski definition) is 6. The molecule has 1 N–H and O–H groups in total. The van der Waals surface area contributed by atoms with Gasteiger partial charge < -0.3 is 19.7 Å². The number of nitrogens with one attached hydrogen (secondary N) is 1. The first kappa shape index (κ1) is 29.9. The van der Waals surface area contributed by atoms with Crippen LogP contribution in [0.3, 0.4) is 0 Å². The van der Waals surface area contributed by atoms with Gasteiger partial charge in [-0.2, -0.15) is 0 Å². The molecule has 0 saturated heterocycles. The minimum atomic E-state index is -3.87. The molecule has 1 aliphatic rings. The Kier molecular flexibility index (Phi) is 10.1. The van der Waals surface area contributed by atoms with Gasteiger partial charge in [-0.05, 0) is 49.1 Å². The normalized spacial score (nSPS) is 13.3. The van der Waals surface area contributed by atoms with E-state index in [0.717, 1.165) is 4.31 Å². The molecule has 1 aliphatic heterocycles. The topological polar surface area (TPSA) is 105 Å². The van der Waals surface area contributed by atoms with Crippen molar-refractivity contribution in [2.75, 3.05) is 29.9 Å². The minimum Gasteiger partial charge on any atom is -0.454 e. The Hall–Kier alpha value is -2.69. The third-order valence-electron chi connectivity index (χ3n) is 6.03. The Morgan fingerprint density at radius 2 is 1.74 bits per heavy atom. The van der Waals surface area contributed by atoms with Crippen molar-refractivity contribution in [1.82, 2.24) is 10.2 Å². The molecule has 2 aromatic carbocycles. The number of ether oxygens (including phenoxy) is 2. The van der Waals surface area contributed by atoms with Gasteiger partial charge in [-0.25, -0.2) is 8.42 Å². The van der Waals surface area contributed by atoms with Crippen molar-refractivity contribution >= 4 is 50.7 Å². The van der Waals surface area contributed by atoms with Crippen LogP contribution in [0.15, 0.2) is 36.4 Å². The summed E-state index contributed by atoms with van der Waals surface area (Å²) in [7, 11) is -3.87. The second-order valence-corrected chi connectivity index (χ2v) is 12.3. The highest BCUT2D eigenvalue weighted by Crippen LogP contribution is 2.36. The van der Waals surface area contributed by atoms with E-state index < -0.39 is 28.5 Å². The number of halogens is 2. The van der Waals surface area contributed by atoms with Gasteiger partial charge in [-0.1, -0.05) is 50.0 Å². The third kappa shape index (κ3) is 7.24. The number of sulfonamides is 1. The molecule has 2 amide bonds. The molecular formula is C26H33Cl2N3O6S. The van der Waals surface area contributed by atoms with E-state index in [-0.39, 0.29) is 36.6 Å². The first-order valence-electron chi connectivity index (χ1n) is 12.4. The monoisotopic (exact) mass is 585 g/mol. The van der Waals surface area contributed by atoms with Crippen LogP contribution >= 0.6 is 23.2 Å². The summed E-state index contributed by atoms with van der Waals surface area (Å²) in [5.74, 6) is 0.00126. The Morgan fingerprint density at radius 1 is 1.03 bits per heavy atom. The lowest BCUT2D eigenvalue weighted by Gasteiger charge is -2.33. The molecule has 9 nitrogen and oxygen atoms in total. The largest absolute Gasteiger partial charge is 0.454 e. The predicted molar refractivity (Wildman–Crippen MR) is 148 cm³/mol. The summed E-state index contributed by atoms with van der Waals surface area (Å²) in [6.45, 7) is 7.23. The zero-order valence-electron chi connectivity index (χ0n) is 21.9. The standard InChI is InChI=1S/C26H33Cl2N3O6S/c1-5-22(26(33)29-13-17(3)4)30(14-18-7-9-20(27)21(28)11-18)25(32)15-31(38(34,35)6-2)19-8-10-23-24(12-19)37-16-36-23/h7-12,17,22H,5-6,13-16H2,1-4H3,(H,29,33). The van der Waals surface area contributed by atoms with Gasteiger partial charge in [0.25, 0.3) is 0 Å². The number of carbonyl (C=O) groups excluding carboxylic acids is 2. The molecule has 0 fully saturated rings. The smallest absolute Gasteiger partial charge is 0.244 e. The molecule has 0 radical (unpaired) electrons. The quantitative estimate of drug-likeness (QED) is 0.394. The molecule has 0 aliphatic carbocycles. The highest BCUT2D eigenvalue weighted by atomic mass is 35.5. The van der Waals surface area contributed by atoms with Gasteiger partial charge in [0.15, 0.2) is 11.5 Å². The predicted octanol–water partition coefficient (Wildman–Crippen LogP) is 4.46. The maximum absolute atomic E-state index is 13.8. The van der Waals surface area contributed by atoms with E-state index in [1.54, 1.807) is 37.3 Å². The van der Waals surface area contributed by atoms with E-state index in [1.807, 2.05) is 13.8 Å². The molecule has 0 spiro atoms. The second-order valence-electron chi connectivity index (χ2n) is 9.28. The number of amides is 2. The van der Waals surface area contributed by atoms with Gasteiger partial charge in [-0.3, -0.25) is 13.9 Å². The van der Waals surface area contributed by atoms with E-state index in [1.165, 1.54) is 17.9 Å². The van der Waals surface area contributed by atoms with Gasteiger partial charge in [0.2, 0.25) is 28.6 Å². The van der Waals surface area contributed by atoms with Crippen LogP contribution in [0.4, 0.5) is 5.69 Å². The van der Waals surface area contributed by atoms with Crippen LogP contribution in [0.5, 0.6) is 11.5 Å². The summed E-state index contributed by atoms with van der Waals surface area (Å²) in [5, 5.41) is 3.56. The summed E-state index contributed by atoms with van der Waals surface area (Å²) in [6.07, 6.45) is 0.321. The first-order valence-corrected chi connectivity index (χ1v) is 14.7. The van der Waals surface area contributed by atoms with E-state index in [4.69, 9.17) is 32.7 Å². The van der Waals surface area contributed by atoms with E-state index >= 15 is 0 Å². The average molecular weight is 587 g/mol. The maximum atomic E-state index is 13.8. The van der Waals surface area contributed by atoms with Gasteiger partial charge in [0.1, 0.15) is 12.6 Å². The van der Waals surface area contributed by atoms with E-state index in [2.05, 4.69) is 5.32 Å². The highest BCUT2D eigenvalue weighted by Gasteiger charge is 2.33. The molecular weight excluding hydrogens is 553 g/mol. The first-order chi connectivity index (χ1) is 18.0. The number of carbonyl (C=O) groups is 2. The molecule has 0 aromatic heterocycles. The molecule has 1 unspecified atom stereocenters. The SMILES string of the molecule is CCC(C(=O)NCC(C)C)N(Cc1ccc(Cl)c(Cl)c1)C(=O)CN(c1ccc2c(c1)OCO2)S(=O)(=O)CC. The Bertz CT molecular complexity index is 1270. The van der Waals surface area contributed by atoms with Crippen LogP contribution in [0.2, 0.25) is 10.0 Å². The number of fused-ring (bicyclic) bond motifs is 1. The fourth-order valence-electron chi connectivity index (χ4n) is 3.94. The molecule has 1 atom stereocenters.